The van der Waals surface area contributed by atoms with E-state index in [9.17, 15) is 4.79 Å². The van der Waals surface area contributed by atoms with Gasteiger partial charge in [0.1, 0.15) is 0 Å². The molecule has 0 bridgehead atoms. The van der Waals surface area contributed by atoms with Gasteiger partial charge in [-0.2, -0.15) is 0 Å². The van der Waals surface area contributed by atoms with Crippen LogP contribution in [-0.2, 0) is 0 Å². The van der Waals surface area contributed by atoms with Crippen LogP contribution in [-0.4, -0.2) is 32.2 Å². The summed E-state index contributed by atoms with van der Waals surface area (Å²) in [4.78, 5) is 14.3. The minimum absolute atomic E-state index is 0.346. The van der Waals surface area contributed by atoms with Gasteiger partial charge < -0.3 is 20.5 Å². The Labute approximate surface area is 173 Å². The maximum Gasteiger partial charge on any atom is 0.323 e. The second kappa shape index (κ2) is 9.12. The van der Waals surface area contributed by atoms with E-state index in [4.69, 9.17) is 17.4 Å². The molecule has 2 rings (SSSR count). The first kappa shape index (κ1) is 21.1. The van der Waals surface area contributed by atoms with Crippen LogP contribution in [0.15, 0.2) is 46.9 Å². The van der Waals surface area contributed by atoms with E-state index in [0.717, 1.165) is 21.4 Å². The molecule has 2 amide bonds. The zero-order valence-electron chi connectivity index (χ0n) is 15.7. The van der Waals surface area contributed by atoms with Crippen molar-refractivity contribution in [3.05, 3.63) is 57.5 Å². The number of urea groups is 1. The third-order valence-corrected chi connectivity index (χ3v) is 4.37. The fraction of sp³-hybridized carbons (Fsp3) is 0.211. The van der Waals surface area contributed by atoms with Crippen LogP contribution in [0.1, 0.15) is 12.5 Å². The lowest BCUT2D eigenvalue weighted by Crippen LogP contribution is -2.25. The summed E-state index contributed by atoms with van der Waals surface area (Å²) >= 11 is 9.37. The Hall–Kier alpha value is -2.22. The topological polar surface area (TPSA) is 73.6 Å². The third-order valence-electron chi connectivity index (χ3n) is 3.75. The molecule has 27 heavy (non-hydrogen) atoms. The molecule has 144 valence electrons. The van der Waals surface area contributed by atoms with Crippen molar-refractivity contribution in [1.82, 2.24) is 5.01 Å². The number of hydrazine groups is 1. The summed E-state index contributed by atoms with van der Waals surface area (Å²) in [5.41, 5.74) is 3.93. The summed E-state index contributed by atoms with van der Waals surface area (Å²) in [5.74, 6) is 5.98. The Morgan fingerprint density at radius 1 is 1.04 bits per heavy atom. The molecule has 0 aliphatic rings. The van der Waals surface area contributed by atoms with Crippen molar-refractivity contribution in [2.24, 2.45) is 5.84 Å². The third kappa shape index (κ3) is 5.89. The smallest absolute Gasteiger partial charge is 0.323 e. The molecular formula is C19H23BrClN5O. The minimum atomic E-state index is -0.346. The first-order valence-electron chi connectivity index (χ1n) is 8.18. The van der Waals surface area contributed by atoms with E-state index in [1.165, 1.54) is 5.01 Å². The number of benzene rings is 2. The predicted molar refractivity (Wildman–Crippen MR) is 118 cm³/mol. The van der Waals surface area contributed by atoms with Crippen molar-refractivity contribution >= 4 is 56.3 Å². The standard InChI is InChI=1S/C19H23BrClN5O/c1-12(20)18(26(4)22)13-9-16(11-17(10-13)25(2)3)24-19(27)23-15-7-5-14(21)6-8-15/h5-11H,22H2,1-4H3,(H2,23,24,27)/b18-12+. The van der Waals surface area contributed by atoms with Crippen LogP contribution in [0.4, 0.5) is 21.9 Å². The molecule has 0 aromatic heterocycles. The Morgan fingerprint density at radius 2 is 1.63 bits per heavy atom. The summed E-state index contributed by atoms with van der Waals surface area (Å²) in [6.07, 6.45) is 0. The van der Waals surface area contributed by atoms with Crippen LogP contribution in [0, 0.1) is 0 Å². The molecule has 2 aromatic rings. The molecule has 0 radical (unpaired) electrons. The van der Waals surface area contributed by atoms with Crippen LogP contribution >= 0.6 is 27.5 Å². The second-order valence-electron chi connectivity index (χ2n) is 6.24. The number of allylic oxidation sites excluding steroid dienone is 1. The summed E-state index contributed by atoms with van der Waals surface area (Å²) < 4.78 is 0.889. The summed E-state index contributed by atoms with van der Waals surface area (Å²) in [5, 5.41) is 7.80. The predicted octanol–water partition coefficient (Wildman–Crippen LogP) is 4.94. The van der Waals surface area contributed by atoms with Crippen molar-refractivity contribution in [3.63, 3.8) is 0 Å². The SMILES string of the molecule is C/C(Br)=C(/c1cc(NC(=O)Nc2ccc(Cl)cc2)cc(N(C)C)c1)N(C)N. The molecule has 0 fully saturated rings. The van der Waals surface area contributed by atoms with Gasteiger partial charge in [0.15, 0.2) is 0 Å². The number of nitrogens with zero attached hydrogens (tertiary/aromatic N) is 2. The van der Waals surface area contributed by atoms with Gasteiger partial charge in [0.05, 0.1) is 5.70 Å². The van der Waals surface area contributed by atoms with Crippen molar-refractivity contribution in [2.45, 2.75) is 6.92 Å². The van der Waals surface area contributed by atoms with Crippen molar-refractivity contribution in [1.29, 1.82) is 0 Å². The second-order valence-corrected chi connectivity index (χ2v) is 7.87. The highest BCUT2D eigenvalue weighted by Crippen LogP contribution is 2.30. The molecule has 0 saturated heterocycles. The zero-order valence-corrected chi connectivity index (χ0v) is 18.0. The lowest BCUT2D eigenvalue weighted by Gasteiger charge is -2.22. The van der Waals surface area contributed by atoms with Gasteiger partial charge in [0.25, 0.3) is 0 Å². The van der Waals surface area contributed by atoms with Crippen LogP contribution < -0.4 is 21.4 Å². The molecule has 0 unspecified atom stereocenters. The number of nitrogens with one attached hydrogen (secondary N) is 2. The number of nitrogens with two attached hydrogens (primary N) is 1. The first-order chi connectivity index (χ1) is 12.7. The van der Waals surface area contributed by atoms with E-state index in [0.29, 0.717) is 16.4 Å². The van der Waals surface area contributed by atoms with E-state index in [1.807, 2.05) is 44.1 Å². The quantitative estimate of drug-likeness (QED) is 0.444. The van der Waals surface area contributed by atoms with Gasteiger partial charge in [-0.25, -0.2) is 10.6 Å². The summed E-state index contributed by atoms with van der Waals surface area (Å²) in [7, 11) is 5.64. The molecule has 8 heteroatoms. The van der Waals surface area contributed by atoms with Crippen LogP contribution in [0.5, 0.6) is 0 Å². The molecular weight excluding hydrogens is 430 g/mol. The van der Waals surface area contributed by atoms with Gasteiger partial charge in [-0.1, -0.05) is 27.5 Å². The van der Waals surface area contributed by atoms with Crippen molar-refractivity contribution < 1.29 is 4.79 Å². The van der Waals surface area contributed by atoms with Gasteiger partial charge in [-0.15, -0.1) is 0 Å². The Bertz CT molecular complexity index is 846. The molecule has 4 N–H and O–H groups in total. The van der Waals surface area contributed by atoms with Gasteiger partial charge >= 0.3 is 6.03 Å². The number of hydrogen-bond donors (Lipinski definition) is 3. The summed E-state index contributed by atoms with van der Waals surface area (Å²) in [6.45, 7) is 1.92. The average molecular weight is 453 g/mol. The van der Waals surface area contributed by atoms with E-state index in [2.05, 4.69) is 26.6 Å². The maximum absolute atomic E-state index is 12.4. The lowest BCUT2D eigenvalue weighted by molar-refractivity contribution is 0.262. The highest BCUT2D eigenvalue weighted by molar-refractivity contribution is 9.11. The number of hydrogen-bond acceptors (Lipinski definition) is 4. The Balaban J connectivity index is 2.31. The van der Waals surface area contributed by atoms with Crippen LogP contribution in [0.2, 0.25) is 5.02 Å². The van der Waals surface area contributed by atoms with Gasteiger partial charge in [0.2, 0.25) is 0 Å². The molecule has 0 heterocycles. The largest absolute Gasteiger partial charge is 0.378 e. The molecule has 0 atom stereocenters. The maximum atomic E-state index is 12.4. The van der Waals surface area contributed by atoms with Gasteiger partial charge in [-0.05, 0) is 49.4 Å². The molecule has 2 aromatic carbocycles. The monoisotopic (exact) mass is 451 g/mol. The number of amides is 2. The van der Waals surface area contributed by atoms with Crippen LogP contribution in [0.3, 0.4) is 0 Å². The molecule has 0 aliphatic heterocycles. The Kier molecular flexibility index (Phi) is 7.12. The highest BCUT2D eigenvalue weighted by Gasteiger charge is 2.13. The average Bonchev–Trinajstić information content (AvgIpc) is 2.56. The fourth-order valence-electron chi connectivity index (χ4n) is 2.55. The zero-order chi connectivity index (χ0) is 20.1. The van der Waals surface area contributed by atoms with E-state index in [-0.39, 0.29) is 6.03 Å². The molecule has 0 saturated carbocycles. The fourth-order valence-corrected chi connectivity index (χ4v) is 3.19. The Morgan fingerprint density at radius 3 is 2.15 bits per heavy atom. The number of carbonyl (C=O) groups excluding carboxylic acids is 1. The number of halogens is 2. The van der Waals surface area contributed by atoms with Crippen molar-refractivity contribution in [3.8, 4) is 0 Å². The number of carbonyl (C=O) groups is 1. The minimum Gasteiger partial charge on any atom is -0.378 e. The van der Waals surface area contributed by atoms with Crippen LogP contribution in [0.25, 0.3) is 5.70 Å². The highest BCUT2D eigenvalue weighted by atomic mass is 79.9. The van der Waals surface area contributed by atoms with Gasteiger partial charge in [0, 0.05) is 53.3 Å². The first-order valence-corrected chi connectivity index (χ1v) is 9.35. The normalized spacial score (nSPS) is 11.5. The van der Waals surface area contributed by atoms with Crippen molar-refractivity contribution in [2.75, 3.05) is 36.7 Å². The summed E-state index contributed by atoms with van der Waals surface area (Å²) in [6, 6.07) is 12.3. The number of anilines is 3. The number of rotatable bonds is 5. The van der Waals surface area contributed by atoms with E-state index < -0.39 is 0 Å². The molecule has 6 nitrogen and oxygen atoms in total. The lowest BCUT2D eigenvalue weighted by atomic mass is 10.1. The molecule has 0 spiro atoms. The van der Waals surface area contributed by atoms with Gasteiger partial charge in [-0.3, -0.25) is 0 Å². The van der Waals surface area contributed by atoms with E-state index >= 15 is 0 Å². The molecule has 0 aliphatic carbocycles. The van der Waals surface area contributed by atoms with E-state index in [1.54, 1.807) is 31.3 Å².